The number of hydrogen-bond donors (Lipinski definition) is 1. The lowest BCUT2D eigenvalue weighted by Gasteiger charge is -2.13. The van der Waals surface area contributed by atoms with Crippen LogP contribution in [0.3, 0.4) is 0 Å². The summed E-state index contributed by atoms with van der Waals surface area (Å²) in [4.78, 5) is 8.57. The van der Waals surface area contributed by atoms with Gasteiger partial charge in [0.1, 0.15) is 0 Å². The molecule has 0 fully saturated rings. The maximum absolute atomic E-state index is 6.30. The Morgan fingerprint density at radius 3 is 2.81 bits per heavy atom. The quantitative estimate of drug-likeness (QED) is 0.797. The Morgan fingerprint density at radius 1 is 1.14 bits per heavy atom. The largest absolute Gasteiger partial charge is 0.481 e. The number of pyridine rings is 2. The number of nitrogens with two attached hydrogens (primary N) is 1. The van der Waals surface area contributed by atoms with E-state index in [0.717, 1.165) is 28.5 Å². The van der Waals surface area contributed by atoms with Crippen LogP contribution in [-0.4, -0.2) is 17.1 Å². The Labute approximate surface area is 123 Å². The van der Waals surface area contributed by atoms with Gasteiger partial charge in [0.15, 0.2) is 0 Å². The zero-order valence-corrected chi connectivity index (χ0v) is 11.9. The highest BCUT2D eigenvalue weighted by atomic mass is 16.5. The Morgan fingerprint density at radius 2 is 2.05 bits per heavy atom. The third kappa shape index (κ3) is 3.01. The van der Waals surface area contributed by atoms with E-state index in [1.165, 1.54) is 0 Å². The van der Waals surface area contributed by atoms with Gasteiger partial charge < -0.3 is 10.5 Å². The van der Waals surface area contributed by atoms with Crippen LogP contribution in [0.15, 0.2) is 54.9 Å². The van der Waals surface area contributed by atoms with Crippen LogP contribution in [0.2, 0.25) is 0 Å². The predicted octanol–water partition coefficient (Wildman–Crippen LogP) is 2.88. The maximum atomic E-state index is 6.30. The fourth-order valence-corrected chi connectivity index (χ4v) is 2.34. The molecule has 3 rings (SSSR count). The lowest BCUT2D eigenvalue weighted by molar-refractivity contribution is 0.397. The summed E-state index contributed by atoms with van der Waals surface area (Å²) in [7, 11) is 1.61. The molecule has 4 nitrogen and oxygen atoms in total. The summed E-state index contributed by atoms with van der Waals surface area (Å²) in [6.45, 7) is 0. The third-order valence-corrected chi connectivity index (χ3v) is 3.52. The third-order valence-electron chi connectivity index (χ3n) is 3.52. The van der Waals surface area contributed by atoms with Gasteiger partial charge in [0.05, 0.1) is 12.6 Å². The Balaban J connectivity index is 1.80. The summed E-state index contributed by atoms with van der Waals surface area (Å²) in [5.41, 5.74) is 9.44. The molecule has 2 aromatic heterocycles. The molecule has 1 unspecified atom stereocenters. The van der Waals surface area contributed by atoms with E-state index in [0.29, 0.717) is 5.88 Å². The van der Waals surface area contributed by atoms with Crippen molar-refractivity contribution in [3.63, 3.8) is 0 Å². The number of ether oxygens (including phenoxy) is 1. The Kier molecular flexibility index (Phi) is 3.79. The van der Waals surface area contributed by atoms with Crippen molar-refractivity contribution in [2.24, 2.45) is 5.73 Å². The average molecular weight is 279 g/mol. The fraction of sp³-hybridized carbons (Fsp3) is 0.176. The molecule has 0 aliphatic heterocycles. The summed E-state index contributed by atoms with van der Waals surface area (Å²) in [6, 6.07) is 13.9. The van der Waals surface area contributed by atoms with Crippen LogP contribution in [-0.2, 0) is 6.42 Å². The normalized spacial score (nSPS) is 12.3. The first-order valence-corrected chi connectivity index (χ1v) is 6.85. The molecule has 0 amide bonds. The molecule has 0 spiro atoms. The molecule has 1 atom stereocenters. The van der Waals surface area contributed by atoms with Crippen LogP contribution in [0.25, 0.3) is 10.9 Å². The molecule has 0 aliphatic carbocycles. The van der Waals surface area contributed by atoms with Gasteiger partial charge in [-0.3, -0.25) is 4.98 Å². The highest BCUT2D eigenvalue weighted by Crippen LogP contribution is 2.20. The van der Waals surface area contributed by atoms with E-state index in [4.69, 9.17) is 10.5 Å². The Bertz CT molecular complexity index is 740. The Hall–Kier alpha value is -2.46. The molecule has 2 heterocycles. The molecule has 106 valence electrons. The van der Waals surface area contributed by atoms with Crippen LogP contribution in [0.1, 0.15) is 17.2 Å². The summed E-state index contributed by atoms with van der Waals surface area (Å²) in [5.74, 6) is 0.613. The fourth-order valence-electron chi connectivity index (χ4n) is 2.34. The SMILES string of the molecule is COc1ccc(CC(N)c2ccc3cccnc3c2)cn1. The highest BCUT2D eigenvalue weighted by Gasteiger charge is 2.09. The second kappa shape index (κ2) is 5.89. The van der Waals surface area contributed by atoms with Crippen molar-refractivity contribution in [1.29, 1.82) is 0 Å². The maximum Gasteiger partial charge on any atom is 0.212 e. The number of nitrogens with zero attached hydrogens (tertiary/aromatic N) is 2. The number of fused-ring (bicyclic) bond motifs is 1. The van der Waals surface area contributed by atoms with Gasteiger partial charge in [-0.2, -0.15) is 0 Å². The zero-order chi connectivity index (χ0) is 14.7. The van der Waals surface area contributed by atoms with Crippen LogP contribution in [0.5, 0.6) is 5.88 Å². The monoisotopic (exact) mass is 279 g/mol. The molecule has 3 aromatic rings. The van der Waals surface area contributed by atoms with Gasteiger partial charge in [0.2, 0.25) is 5.88 Å². The van der Waals surface area contributed by atoms with E-state index in [9.17, 15) is 0 Å². The number of hydrogen-bond acceptors (Lipinski definition) is 4. The molecule has 0 bridgehead atoms. The van der Waals surface area contributed by atoms with Crippen molar-refractivity contribution in [2.75, 3.05) is 7.11 Å². The zero-order valence-electron chi connectivity index (χ0n) is 11.9. The van der Waals surface area contributed by atoms with Crippen molar-refractivity contribution >= 4 is 10.9 Å². The van der Waals surface area contributed by atoms with Crippen molar-refractivity contribution in [3.8, 4) is 5.88 Å². The van der Waals surface area contributed by atoms with E-state index in [1.807, 2.05) is 24.3 Å². The molecular weight excluding hydrogens is 262 g/mol. The summed E-state index contributed by atoms with van der Waals surface area (Å²) >= 11 is 0. The summed E-state index contributed by atoms with van der Waals surface area (Å²) < 4.78 is 5.06. The second-order valence-corrected chi connectivity index (χ2v) is 4.97. The molecule has 4 heteroatoms. The number of aromatic nitrogens is 2. The van der Waals surface area contributed by atoms with Gasteiger partial charge in [-0.1, -0.05) is 24.3 Å². The molecule has 21 heavy (non-hydrogen) atoms. The highest BCUT2D eigenvalue weighted by molar-refractivity contribution is 5.78. The summed E-state index contributed by atoms with van der Waals surface area (Å²) in [6.07, 6.45) is 4.33. The standard InChI is InChI=1S/C17H17N3O/c1-21-17-7-4-12(11-20-17)9-15(18)14-6-5-13-3-2-8-19-16(13)10-14/h2-8,10-11,15H,9,18H2,1H3. The molecule has 0 aliphatic rings. The van der Waals surface area contributed by atoms with Crippen molar-refractivity contribution in [3.05, 3.63) is 66.0 Å². The van der Waals surface area contributed by atoms with Crippen molar-refractivity contribution in [1.82, 2.24) is 9.97 Å². The van der Waals surface area contributed by atoms with Crippen LogP contribution < -0.4 is 10.5 Å². The molecular formula is C17H17N3O. The molecule has 0 radical (unpaired) electrons. The number of benzene rings is 1. The second-order valence-electron chi connectivity index (χ2n) is 4.97. The molecule has 1 aromatic carbocycles. The topological polar surface area (TPSA) is 61.0 Å². The van der Waals surface area contributed by atoms with Gasteiger partial charge in [-0.15, -0.1) is 0 Å². The first-order chi connectivity index (χ1) is 10.3. The molecule has 0 saturated carbocycles. The van der Waals surface area contributed by atoms with E-state index >= 15 is 0 Å². The minimum absolute atomic E-state index is 0.0772. The first-order valence-electron chi connectivity index (χ1n) is 6.85. The van der Waals surface area contributed by atoms with E-state index < -0.39 is 0 Å². The number of methoxy groups -OCH3 is 1. The van der Waals surface area contributed by atoms with Crippen LogP contribution >= 0.6 is 0 Å². The minimum atomic E-state index is -0.0772. The minimum Gasteiger partial charge on any atom is -0.481 e. The summed E-state index contributed by atoms with van der Waals surface area (Å²) in [5, 5.41) is 1.12. The lowest BCUT2D eigenvalue weighted by atomic mass is 9.99. The van der Waals surface area contributed by atoms with Gasteiger partial charge in [0, 0.05) is 29.9 Å². The predicted molar refractivity (Wildman–Crippen MR) is 83.2 cm³/mol. The van der Waals surface area contributed by atoms with Crippen LogP contribution in [0.4, 0.5) is 0 Å². The smallest absolute Gasteiger partial charge is 0.212 e. The van der Waals surface area contributed by atoms with E-state index in [1.54, 1.807) is 19.5 Å². The van der Waals surface area contributed by atoms with Gasteiger partial charge >= 0.3 is 0 Å². The molecule has 2 N–H and O–H groups in total. The van der Waals surface area contributed by atoms with E-state index in [-0.39, 0.29) is 6.04 Å². The average Bonchev–Trinajstić information content (AvgIpc) is 2.55. The van der Waals surface area contributed by atoms with Gasteiger partial charge in [-0.05, 0) is 29.7 Å². The van der Waals surface area contributed by atoms with Gasteiger partial charge in [-0.25, -0.2) is 4.98 Å². The first kappa shape index (κ1) is 13.5. The lowest BCUT2D eigenvalue weighted by Crippen LogP contribution is -2.13. The van der Waals surface area contributed by atoms with E-state index in [2.05, 4.69) is 28.2 Å². The molecule has 0 saturated heterocycles. The van der Waals surface area contributed by atoms with Crippen molar-refractivity contribution < 1.29 is 4.74 Å². The van der Waals surface area contributed by atoms with Crippen molar-refractivity contribution in [2.45, 2.75) is 12.5 Å². The van der Waals surface area contributed by atoms with Crippen LogP contribution in [0, 0.1) is 0 Å². The number of rotatable bonds is 4. The van der Waals surface area contributed by atoms with Gasteiger partial charge in [0.25, 0.3) is 0 Å².